The molecule has 1 atom stereocenters. The lowest BCUT2D eigenvalue weighted by molar-refractivity contribution is -0.134. The van der Waals surface area contributed by atoms with Crippen molar-refractivity contribution in [2.45, 2.75) is 18.2 Å². The number of aryl methyl sites for hydroxylation is 1. The minimum atomic E-state index is -1.07. The van der Waals surface area contributed by atoms with E-state index in [0.29, 0.717) is 10.6 Å². The summed E-state index contributed by atoms with van der Waals surface area (Å²) in [5.41, 5.74) is 3.55. The van der Waals surface area contributed by atoms with E-state index in [0.717, 1.165) is 16.8 Å². The lowest BCUT2D eigenvalue weighted by Crippen LogP contribution is -2.51. The van der Waals surface area contributed by atoms with Gasteiger partial charge in [0.1, 0.15) is 0 Å². The third-order valence-corrected chi connectivity index (χ3v) is 8.16. The van der Waals surface area contributed by atoms with Gasteiger partial charge >= 0.3 is 5.97 Å². The van der Waals surface area contributed by atoms with Gasteiger partial charge in [-0.25, -0.2) is 9.80 Å². The van der Waals surface area contributed by atoms with Gasteiger partial charge in [-0.15, -0.1) is 0 Å². The van der Waals surface area contributed by atoms with E-state index in [9.17, 15) is 9.59 Å². The summed E-state index contributed by atoms with van der Waals surface area (Å²) >= 11 is 2.60. The van der Waals surface area contributed by atoms with Crippen molar-refractivity contribution >= 4 is 57.9 Å². The van der Waals surface area contributed by atoms with Gasteiger partial charge in [-0.2, -0.15) is 5.10 Å². The molecule has 1 saturated heterocycles. The first-order valence-corrected chi connectivity index (χ1v) is 12.8. The first-order chi connectivity index (χ1) is 17.0. The highest BCUT2D eigenvalue weighted by Gasteiger charge is 2.60. The predicted molar refractivity (Wildman–Crippen MR) is 144 cm³/mol. The van der Waals surface area contributed by atoms with Gasteiger partial charge < -0.3 is 4.74 Å². The lowest BCUT2D eigenvalue weighted by atomic mass is 10.1. The Hall–Kier alpha value is -3.49. The SMILES string of the molecule is CCOC(=O)C1=NN(c2ccccc2)[C@]2(S1)S/C(=C\c1ccc(C)cc1)C(=O)N2c1ccccc1. The third-order valence-electron chi connectivity index (χ3n) is 5.47. The van der Waals surface area contributed by atoms with E-state index in [1.807, 2.05) is 97.9 Å². The molecular weight excluding hydrogens is 478 g/mol. The second-order valence-electron chi connectivity index (χ2n) is 7.92. The lowest BCUT2D eigenvalue weighted by Gasteiger charge is -2.38. The number of nitrogens with zero attached hydrogens (tertiary/aromatic N) is 3. The first-order valence-electron chi connectivity index (χ1n) is 11.2. The number of hydrazone groups is 1. The maximum atomic E-state index is 13.9. The van der Waals surface area contributed by atoms with Crippen LogP contribution in [0.2, 0.25) is 0 Å². The van der Waals surface area contributed by atoms with Gasteiger partial charge in [0.2, 0.25) is 9.37 Å². The van der Waals surface area contributed by atoms with Crippen LogP contribution in [0.25, 0.3) is 6.08 Å². The number of rotatable bonds is 5. The molecule has 0 aliphatic carbocycles. The molecule has 3 aromatic carbocycles. The van der Waals surface area contributed by atoms with Crippen LogP contribution in [0.3, 0.4) is 0 Å². The normalized spacial score (nSPS) is 20.6. The molecule has 2 aliphatic rings. The Labute approximate surface area is 212 Å². The predicted octanol–water partition coefficient (Wildman–Crippen LogP) is 5.86. The van der Waals surface area contributed by atoms with Crippen LogP contribution in [-0.4, -0.2) is 27.9 Å². The first kappa shape index (κ1) is 23.3. The Morgan fingerprint density at radius 2 is 1.57 bits per heavy atom. The van der Waals surface area contributed by atoms with Gasteiger partial charge in [-0.1, -0.05) is 78.0 Å². The highest BCUT2D eigenvalue weighted by Crippen LogP contribution is 2.59. The maximum Gasteiger partial charge on any atom is 0.365 e. The second kappa shape index (κ2) is 9.64. The van der Waals surface area contributed by atoms with Crippen LogP contribution in [0, 0.1) is 6.92 Å². The summed E-state index contributed by atoms with van der Waals surface area (Å²) in [6, 6.07) is 27.0. The molecule has 6 nitrogen and oxygen atoms in total. The molecule has 8 heteroatoms. The van der Waals surface area contributed by atoms with E-state index in [2.05, 4.69) is 5.10 Å². The van der Waals surface area contributed by atoms with Crippen molar-refractivity contribution in [1.82, 2.24) is 0 Å². The van der Waals surface area contributed by atoms with Crippen LogP contribution in [-0.2, 0) is 14.3 Å². The standard InChI is InChI=1S/C27H23N3O3S2/c1-3-33-26(32)24-28-30(22-12-8-5-9-13-22)27(35-24)29(21-10-6-4-7-11-21)25(31)23(34-27)18-20-16-14-19(2)15-17-20/h4-18H,3H2,1-2H3/b23-18-/t27-/m0/s1. The fourth-order valence-corrected chi connectivity index (χ4v) is 6.72. The van der Waals surface area contributed by atoms with Crippen molar-refractivity contribution in [3.8, 4) is 0 Å². The second-order valence-corrected chi connectivity index (χ2v) is 10.6. The molecule has 176 valence electrons. The zero-order valence-electron chi connectivity index (χ0n) is 19.3. The Morgan fingerprint density at radius 1 is 0.943 bits per heavy atom. The number of thioether (sulfide) groups is 2. The Kier molecular flexibility index (Phi) is 6.40. The van der Waals surface area contributed by atoms with Gasteiger partial charge in [0.15, 0.2) is 0 Å². The molecule has 1 amide bonds. The zero-order chi connectivity index (χ0) is 24.4. The molecule has 2 heterocycles. The van der Waals surface area contributed by atoms with Crippen molar-refractivity contribution < 1.29 is 14.3 Å². The molecule has 3 aromatic rings. The summed E-state index contributed by atoms with van der Waals surface area (Å²) in [6.45, 7) is 4.03. The topological polar surface area (TPSA) is 62.2 Å². The van der Waals surface area contributed by atoms with Crippen molar-refractivity contribution in [1.29, 1.82) is 0 Å². The molecule has 1 spiro atoms. The van der Waals surface area contributed by atoms with Crippen LogP contribution < -0.4 is 9.91 Å². The number of amides is 1. The summed E-state index contributed by atoms with van der Waals surface area (Å²) in [4.78, 5) is 29.0. The van der Waals surface area contributed by atoms with Gasteiger partial charge in [0.25, 0.3) is 5.91 Å². The van der Waals surface area contributed by atoms with E-state index in [-0.39, 0.29) is 17.6 Å². The molecule has 35 heavy (non-hydrogen) atoms. The minimum Gasteiger partial charge on any atom is -0.461 e. The zero-order valence-corrected chi connectivity index (χ0v) is 20.9. The molecule has 0 bridgehead atoms. The molecule has 0 N–H and O–H groups in total. The van der Waals surface area contributed by atoms with E-state index in [1.165, 1.54) is 23.5 Å². The smallest absolute Gasteiger partial charge is 0.365 e. The van der Waals surface area contributed by atoms with Gasteiger partial charge in [-0.3, -0.25) is 9.69 Å². The number of carbonyl (C=O) groups is 2. The van der Waals surface area contributed by atoms with Gasteiger partial charge in [0, 0.05) is 5.69 Å². The van der Waals surface area contributed by atoms with E-state index < -0.39 is 10.3 Å². The van der Waals surface area contributed by atoms with E-state index in [4.69, 9.17) is 4.74 Å². The quantitative estimate of drug-likeness (QED) is 0.323. The Bertz CT molecular complexity index is 1310. The molecule has 0 aromatic heterocycles. The molecular formula is C27H23N3O3S2. The number of esters is 1. The number of anilines is 2. The van der Waals surface area contributed by atoms with Gasteiger partial charge in [-0.05, 0) is 61.5 Å². The monoisotopic (exact) mass is 501 g/mol. The third kappa shape index (κ3) is 4.35. The number of ether oxygens (including phenoxy) is 1. The fourth-order valence-electron chi connectivity index (χ4n) is 3.85. The van der Waals surface area contributed by atoms with E-state index in [1.54, 1.807) is 16.8 Å². The van der Waals surface area contributed by atoms with Crippen LogP contribution >= 0.6 is 23.5 Å². The van der Waals surface area contributed by atoms with Crippen molar-refractivity contribution in [2.24, 2.45) is 5.10 Å². The van der Waals surface area contributed by atoms with Crippen LogP contribution in [0.5, 0.6) is 0 Å². The number of hydrogen-bond acceptors (Lipinski definition) is 7. The average Bonchev–Trinajstić information content (AvgIpc) is 3.39. The molecule has 1 fully saturated rings. The van der Waals surface area contributed by atoms with Crippen molar-refractivity contribution in [2.75, 3.05) is 16.5 Å². The summed E-state index contributed by atoms with van der Waals surface area (Å²) in [5, 5.41) is 6.62. The van der Waals surface area contributed by atoms with Crippen molar-refractivity contribution in [3.05, 3.63) is 101 Å². The number of benzene rings is 3. The number of para-hydroxylation sites is 2. The number of carbonyl (C=O) groups excluding carboxylic acids is 2. The maximum absolute atomic E-state index is 13.9. The van der Waals surface area contributed by atoms with Crippen molar-refractivity contribution in [3.63, 3.8) is 0 Å². The molecule has 0 saturated carbocycles. The van der Waals surface area contributed by atoms with Crippen LogP contribution in [0.1, 0.15) is 18.1 Å². The summed E-state index contributed by atoms with van der Waals surface area (Å²) in [6.07, 6.45) is 1.89. The molecule has 0 unspecified atom stereocenters. The Morgan fingerprint density at radius 3 is 2.20 bits per heavy atom. The molecule has 0 radical (unpaired) electrons. The summed E-state index contributed by atoms with van der Waals surface area (Å²) in [7, 11) is 0. The highest BCUT2D eigenvalue weighted by molar-refractivity contribution is 8.29. The van der Waals surface area contributed by atoms with Crippen LogP contribution in [0.15, 0.2) is 94.9 Å². The summed E-state index contributed by atoms with van der Waals surface area (Å²) in [5.74, 6) is -0.664. The summed E-state index contributed by atoms with van der Waals surface area (Å²) < 4.78 is 4.20. The number of hydrogen-bond donors (Lipinski definition) is 0. The largest absolute Gasteiger partial charge is 0.461 e. The average molecular weight is 502 g/mol. The van der Waals surface area contributed by atoms with Crippen LogP contribution in [0.4, 0.5) is 11.4 Å². The van der Waals surface area contributed by atoms with E-state index >= 15 is 0 Å². The molecule has 2 aliphatic heterocycles. The minimum absolute atomic E-state index is 0.157. The van der Waals surface area contributed by atoms with Gasteiger partial charge in [0.05, 0.1) is 17.2 Å². The highest BCUT2D eigenvalue weighted by atomic mass is 32.2. The molecule has 5 rings (SSSR count). The fraction of sp³-hybridized carbons (Fsp3) is 0.148. The Balaban J connectivity index is 1.66.